The maximum atomic E-state index is 11.4. The molecule has 1 aliphatic rings. The van der Waals surface area contributed by atoms with Crippen LogP contribution in [0.2, 0.25) is 0 Å². The quantitative estimate of drug-likeness (QED) is 0.162. The Bertz CT molecular complexity index is 974. The fourth-order valence-electron chi connectivity index (χ4n) is 4.47. The fraction of sp³-hybridized carbons (Fsp3) is 0.621. The van der Waals surface area contributed by atoms with E-state index in [-0.39, 0.29) is 23.6 Å². The van der Waals surface area contributed by atoms with Gasteiger partial charge in [0.25, 0.3) is 0 Å². The molecule has 2 atom stereocenters. The van der Waals surface area contributed by atoms with Crippen molar-refractivity contribution < 1.29 is 18.6 Å². The molecule has 0 amide bonds. The summed E-state index contributed by atoms with van der Waals surface area (Å²) in [4.78, 5) is 11.4. The zero-order valence-electron chi connectivity index (χ0n) is 21.4. The zero-order valence-corrected chi connectivity index (χ0v) is 21.4. The first-order chi connectivity index (χ1) is 16.4. The molecule has 5 heteroatoms. The van der Waals surface area contributed by atoms with Crippen LogP contribution in [0.4, 0.5) is 0 Å². The van der Waals surface area contributed by atoms with Gasteiger partial charge >= 0.3 is 5.63 Å². The molecular weight excluding hydrogens is 428 g/mol. The highest BCUT2D eigenvalue weighted by molar-refractivity contribution is 5.77. The zero-order chi connectivity index (χ0) is 24.4. The first-order valence-corrected chi connectivity index (χ1v) is 13.0. The van der Waals surface area contributed by atoms with Crippen LogP contribution in [0.25, 0.3) is 11.0 Å². The SMILES string of the molecule is CCCCCCCCC[C@@H]1O[C@H](CCC(C)=CCOc2ccc3ccc(=O)oc3c2)C(C)(C)O1. The van der Waals surface area contributed by atoms with Crippen LogP contribution in [-0.4, -0.2) is 24.6 Å². The van der Waals surface area contributed by atoms with Crippen molar-refractivity contribution in [1.82, 2.24) is 0 Å². The molecule has 0 radical (unpaired) electrons. The van der Waals surface area contributed by atoms with Crippen LogP contribution in [-0.2, 0) is 9.47 Å². The number of unbranched alkanes of at least 4 members (excludes halogenated alkanes) is 6. The van der Waals surface area contributed by atoms with Crippen LogP contribution in [0.5, 0.6) is 5.75 Å². The highest BCUT2D eigenvalue weighted by atomic mass is 16.7. The second-order valence-electron chi connectivity index (χ2n) is 10.0. The predicted octanol–water partition coefficient (Wildman–Crippen LogP) is 7.56. The third-order valence-electron chi connectivity index (χ3n) is 6.65. The summed E-state index contributed by atoms with van der Waals surface area (Å²) in [5.74, 6) is 0.688. The van der Waals surface area contributed by atoms with Gasteiger partial charge in [0.2, 0.25) is 0 Å². The maximum Gasteiger partial charge on any atom is 0.336 e. The number of hydrogen-bond acceptors (Lipinski definition) is 5. The van der Waals surface area contributed by atoms with Gasteiger partial charge in [-0.25, -0.2) is 4.79 Å². The van der Waals surface area contributed by atoms with E-state index in [0.29, 0.717) is 17.9 Å². The molecule has 2 heterocycles. The molecule has 0 spiro atoms. The van der Waals surface area contributed by atoms with Crippen LogP contribution >= 0.6 is 0 Å². The highest BCUT2D eigenvalue weighted by Crippen LogP contribution is 2.34. The molecule has 0 N–H and O–H groups in total. The van der Waals surface area contributed by atoms with Crippen LogP contribution in [0.3, 0.4) is 0 Å². The van der Waals surface area contributed by atoms with Crippen molar-refractivity contribution >= 4 is 11.0 Å². The van der Waals surface area contributed by atoms with E-state index in [0.717, 1.165) is 24.6 Å². The first kappa shape index (κ1) is 26.5. The van der Waals surface area contributed by atoms with Gasteiger partial charge in [-0.2, -0.15) is 0 Å². The third-order valence-corrected chi connectivity index (χ3v) is 6.65. The lowest BCUT2D eigenvalue weighted by Crippen LogP contribution is -2.32. The average Bonchev–Trinajstić information content (AvgIpc) is 3.09. The summed E-state index contributed by atoms with van der Waals surface area (Å²) >= 11 is 0. The number of benzene rings is 1. The smallest absolute Gasteiger partial charge is 0.336 e. The van der Waals surface area contributed by atoms with Gasteiger partial charge in [-0.15, -0.1) is 0 Å². The van der Waals surface area contributed by atoms with Gasteiger partial charge in [-0.05, 0) is 70.7 Å². The molecule has 0 unspecified atom stereocenters. The van der Waals surface area contributed by atoms with Crippen molar-refractivity contribution in [2.24, 2.45) is 0 Å². The van der Waals surface area contributed by atoms with E-state index in [9.17, 15) is 4.79 Å². The molecule has 5 nitrogen and oxygen atoms in total. The number of allylic oxidation sites excluding steroid dienone is 1. The Morgan fingerprint density at radius 1 is 1.03 bits per heavy atom. The number of fused-ring (bicyclic) bond motifs is 1. The summed E-state index contributed by atoms with van der Waals surface area (Å²) < 4.78 is 23.6. The van der Waals surface area contributed by atoms with Gasteiger partial charge < -0.3 is 18.6 Å². The van der Waals surface area contributed by atoms with Gasteiger partial charge in [0, 0.05) is 17.5 Å². The molecule has 0 bridgehead atoms. The van der Waals surface area contributed by atoms with Crippen molar-refractivity contribution in [3.8, 4) is 5.75 Å². The lowest BCUT2D eigenvalue weighted by atomic mass is 9.96. The lowest BCUT2D eigenvalue weighted by molar-refractivity contribution is -0.0858. The predicted molar refractivity (Wildman–Crippen MR) is 137 cm³/mol. The summed E-state index contributed by atoms with van der Waals surface area (Å²) in [6, 6.07) is 8.73. The molecule has 2 aromatic rings. The van der Waals surface area contributed by atoms with Gasteiger partial charge in [0.1, 0.15) is 17.9 Å². The monoisotopic (exact) mass is 470 g/mol. The minimum atomic E-state index is -0.355. The Kier molecular flexibility index (Phi) is 10.2. The second kappa shape index (κ2) is 13.1. The fourth-order valence-corrected chi connectivity index (χ4v) is 4.47. The Balaban J connectivity index is 1.37. The van der Waals surface area contributed by atoms with Crippen molar-refractivity contribution in [1.29, 1.82) is 0 Å². The Hall–Kier alpha value is -2.11. The van der Waals surface area contributed by atoms with Crippen LogP contribution in [0.15, 0.2) is 51.2 Å². The highest BCUT2D eigenvalue weighted by Gasteiger charge is 2.41. The molecule has 34 heavy (non-hydrogen) atoms. The molecule has 3 rings (SSSR count). The summed E-state index contributed by atoms with van der Waals surface area (Å²) in [5, 5.41) is 0.880. The largest absolute Gasteiger partial charge is 0.489 e. The maximum absolute atomic E-state index is 11.4. The van der Waals surface area contributed by atoms with Crippen molar-refractivity contribution in [3.63, 3.8) is 0 Å². The molecular formula is C29H42O5. The summed E-state index contributed by atoms with van der Waals surface area (Å²) in [5.41, 5.74) is 1.20. The molecule has 1 aromatic carbocycles. The minimum Gasteiger partial charge on any atom is -0.489 e. The lowest BCUT2D eigenvalue weighted by Gasteiger charge is -2.23. The Morgan fingerprint density at radius 3 is 2.56 bits per heavy atom. The van der Waals surface area contributed by atoms with Crippen LogP contribution in [0, 0.1) is 0 Å². The normalized spacial score (nSPS) is 20.2. The van der Waals surface area contributed by atoms with E-state index in [1.807, 2.05) is 12.1 Å². The standard InChI is InChI=1S/C29H42O5/c1-5-6-7-8-9-10-11-12-28-33-26(29(3,4)34-28)17-13-22(2)19-20-31-24-16-14-23-15-18-27(30)32-25(23)21-24/h14-16,18-19,21,26,28H,5-13,17,20H2,1-4H3/t26-,28-/m1/s1. The van der Waals surface area contributed by atoms with E-state index in [1.54, 1.807) is 12.1 Å². The van der Waals surface area contributed by atoms with Crippen molar-refractivity contribution in [2.75, 3.05) is 6.61 Å². The summed E-state index contributed by atoms with van der Waals surface area (Å²) in [7, 11) is 0. The van der Waals surface area contributed by atoms with E-state index in [1.165, 1.54) is 56.6 Å². The van der Waals surface area contributed by atoms with Gasteiger partial charge in [-0.3, -0.25) is 0 Å². The Morgan fingerprint density at radius 2 is 1.76 bits per heavy atom. The number of rotatable bonds is 14. The first-order valence-electron chi connectivity index (χ1n) is 13.0. The van der Waals surface area contributed by atoms with Gasteiger partial charge in [0.15, 0.2) is 6.29 Å². The van der Waals surface area contributed by atoms with Gasteiger partial charge in [-0.1, -0.05) is 51.0 Å². The molecule has 1 aliphatic heterocycles. The minimum absolute atomic E-state index is 0.0729. The Labute approximate surface area is 204 Å². The topological polar surface area (TPSA) is 57.9 Å². The molecule has 0 aliphatic carbocycles. The second-order valence-corrected chi connectivity index (χ2v) is 10.0. The van der Waals surface area contributed by atoms with E-state index in [2.05, 4.69) is 33.8 Å². The van der Waals surface area contributed by atoms with Crippen LogP contribution in [0.1, 0.15) is 91.9 Å². The molecule has 1 saturated heterocycles. The van der Waals surface area contributed by atoms with E-state index in [4.69, 9.17) is 18.6 Å². The number of hydrogen-bond donors (Lipinski definition) is 0. The molecule has 0 saturated carbocycles. The number of ether oxygens (including phenoxy) is 3. The summed E-state index contributed by atoms with van der Waals surface area (Å²) in [6.07, 6.45) is 14.1. The molecule has 1 fully saturated rings. The van der Waals surface area contributed by atoms with E-state index >= 15 is 0 Å². The van der Waals surface area contributed by atoms with Crippen molar-refractivity contribution in [3.05, 3.63) is 52.4 Å². The van der Waals surface area contributed by atoms with Crippen molar-refractivity contribution in [2.45, 2.75) is 110 Å². The van der Waals surface area contributed by atoms with E-state index < -0.39 is 0 Å². The summed E-state index contributed by atoms with van der Waals surface area (Å²) in [6.45, 7) is 9.14. The average molecular weight is 471 g/mol. The van der Waals surface area contributed by atoms with Gasteiger partial charge in [0.05, 0.1) is 11.7 Å². The molecule has 188 valence electrons. The van der Waals surface area contributed by atoms with Crippen LogP contribution < -0.4 is 10.4 Å². The molecule has 1 aromatic heterocycles. The third kappa shape index (κ3) is 8.28.